The van der Waals surface area contributed by atoms with Crippen LogP contribution in [0.4, 0.5) is 0 Å². The Morgan fingerprint density at radius 3 is 1.02 bits per heavy atom. The van der Waals surface area contributed by atoms with E-state index < -0.39 is 0 Å². The van der Waals surface area contributed by atoms with E-state index in [1.807, 2.05) is 112 Å². The number of rotatable bonds is 4. The maximum absolute atomic E-state index is 4.90. The summed E-state index contributed by atoms with van der Waals surface area (Å²) in [6.45, 7) is 23.2. The molecule has 0 saturated carbocycles. The Bertz CT molecular complexity index is 1630. The second-order valence-corrected chi connectivity index (χ2v) is 9.50. The van der Waals surface area contributed by atoms with Crippen LogP contribution in [0, 0.1) is 0 Å². The van der Waals surface area contributed by atoms with Gasteiger partial charge in [-0.3, -0.25) is 0 Å². The predicted octanol–water partition coefficient (Wildman–Crippen LogP) is 15.0. The average molecular weight is 653 g/mol. The molecule has 2 nitrogen and oxygen atoms in total. The molecular weight excluding hydrogens is 593 g/mol. The van der Waals surface area contributed by atoms with E-state index in [1.165, 1.54) is 32.9 Å². The van der Waals surface area contributed by atoms with Gasteiger partial charge in [-0.1, -0.05) is 197 Å². The van der Waals surface area contributed by atoms with Crippen molar-refractivity contribution in [1.82, 2.24) is 9.55 Å². The van der Waals surface area contributed by atoms with Crippen molar-refractivity contribution in [2.24, 2.45) is 0 Å². The van der Waals surface area contributed by atoms with Gasteiger partial charge in [0.05, 0.1) is 11.4 Å². The zero-order valence-electron chi connectivity index (χ0n) is 32.0. The molecule has 0 fully saturated rings. The summed E-state index contributed by atoms with van der Waals surface area (Å²) in [6, 6.07) is 52.7. The Morgan fingerprint density at radius 2 is 0.673 bits per heavy atom. The van der Waals surface area contributed by atoms with Crippen molar-refractivity contribution >= 4 is 21.8 Å². The molecule has 0 unspecified atom stereocenters. The lowest BCUT2D eigenvalue weighted by Gasteiger charge is -2.10. The van der Waals surface area contributed by atoms with E-state index in [1.54, 1.807) is 0 Å². The quantitative estimate of drug-likeness (QED) is 0.185. The van der Waals surface area contributed by atoms with Gasteiger partial charge in [0.2, 0.25) is 0 Å². The summed E-state index contributed by atoms with van der Waals surface area (Å²) >= 11 is 0. The van der Waals surface area contributed by atoms with E-state index in [0.717, 1.165) is 29.1 Å². The predicted molar refractivity (Wildman–Crippen MR) is 222 cm³/mol. The van der Waals surface area contributed by atoms with Crippen molar-refractivity contribution < 1.29 is 0 Å². The van der Waals surface area contributed by atoms with Crippen LogP contribution in [0.2, 0.25) is 0 Å². The Hall–Kier alpha value is -4.95. The fraction of sp³-hybridized carbons (Fsp3) is 0.255. The van der Waals surface area contributed by atoms with Crippen LogP contribution in [-0.4, -0.2) is 9.55 Å². The highest BCUT2D eigenvalue weighted by Gasteiger charge is 2.09. The maximum atomic E-state index is 4.90. The van der Waals surface area contributed by atoms with Gasteiger partial charge in [0, 0.05) is 39.5 Å². The van der Waals surface area contributed by atoms with Crippen LogP contribution in [0.25, 0.3) is 55.4 Å². The third-order valence-corrected chi connectivity index (χ3v) is 7.07. The largest absolute Gasteiger partial charge is 0.341 e. The van der Waals surface area contributed by atoms with Crippen molar-refractivity contribution in [3.8, 4) is 33.6 Å². The molecule has 0 bridgehead atoms. The number of nitrogens with zero attached hydrogens (tertiary/aromatic N) is 2. The second kappa shape index (κ2) is 25.1. The molecule has 0 spiro atoms. The Morgan fingerprint density at radius 1 is 0.367 bits per heavy atom. The molecule has 2 aromatic heterocycles. The third kappa shape index (κ3) is 11.6. The van der Waals surface area contributed by atoms with Crippen LogP contribution in [0.15, 0.2) is 152 Å². The first-order chi connectivity index (χ1) is 24.3. The molecule has 0 aliphatic carbocycles. The number of benzene rings is 5. The average Bonchev–Trinajstić information content (AvgIpc) is 3.56. The maximum Gasteiger partial charge on any atom is 0.0715 e. The SMILES string of the molecule is CC.CC.CC.CC.CC.CCn1c2ccccc2c2ccccc21.c1ccc(-c2cc(-c3ccccc3)nc(-c3ccccc3)c2)cc1. The standard InChI is InChI=1S/C23H17N.C14H13N.5C2H6/c1-4-10-18(11-5-1)21-16-22(19-12-6-2-7-13-19)24-23(17-21)20-14-8-3-9-15-20;1-2-15-13-9-5-3-7-11(13)12-8-4-6-10-14(12)15;5*1-2/h1-17H;3-10H,2H2,1H3;5*1-2H3. The second-order valence-electron chi connectivity index (χ2n) is 9.50. The monoisotopic (exact) mass is 652 g/mol. The van der Waals surface area contributed by atoms with Crippen molar-refractivity contribution in [3.63, 3.8) is 0 Å². The van der Waals surface area contributed by atoms with Crippen LogP contribution in [0.1, 0.15) is 76.2 Å². The first kappa shape index (κ1) is 42.1. The van der Waals surface area contributed by atoms with Crippen LogP contribution in [-0.2, 0) is 6.54 Å². The van der Waals surface area contributed by atoms with Crippen LogP contribution in [0.5, 0.6) is 0 Å². The van der Waals surface area contributed by atoms with E-state index in [4.69, 9.17) is 4.98 Å². The van der Waals surface area contributed by atoms with E-state index in [2.05, 4.69) is 121 Å². The van der Waals surface area contributed by atoms with Crippen molar-refractivity contribution in [2.45, 2.75) is 82.7 Å². The Kier molecular flexibility index (Phi) is 21.6. The lowest BCUT2D eigenvalue weighted by Crippen LogP contribution is -1.91. The minimum Gasteiger partial charge on any atom is -0.341 e. The van der Waals surface area contributed by atoms with E-state index in [-0.39, 0.29) is 0 Å². The molecule has 7 aromatic rings. The van der Waals surface area contributed by atoms with Gasteiger partial charge in [-0.15, -0.1) is 0 Å². The summed E-state index contributed by atoms with van der Waals surface area (Å²) in [6.07, 6.45) is 0. The van der Waals surface area contributed by atoms with E-state index in [9.17, 15) is 0 Å². The summed E-state index contributed by atoms with van der Waals surface area (Å²) in [7, 11) is 0. The van der Waals surface area contributed by atoms with Crippen LogP contribution in [0.3, 0.4) is 0 Å². The molecule has 258 valence electrons. The highest BCUT2D eigenvalue weighted by atomic mass is 15.0. The minimum atomic E-state index is 0.996. The molecule has 0 aliphatic heterocycles. The fourth-order valence-electron chi connectivity index (χ4n) is 5.19. The van der Waals surface area contributed by atoms with Gasteiger partial charge in [0.15, 0.2) is 0 Å². The van der Waals surface area contributed by atoms with Crippen LogP contribution >= 0.6 is 0 Å². The van der Waals surface area contributed by atoms with E-state index in [0.29, 0.717) is 0 Å². The first-order valence-electron chi connectivity index (χ1n) is 18.5. The lowest BCUT2D eigenvalue weighted by atomic mass is 10.00. The minimum absolute atomic E-state index is 0.996. The van der Waals surface area contributed by atoms with Gasteiger partial charge in [0.1, 0.15) is 0 Å². The highest BCUT2D eigenvalue weighted by Crippen LogP contribution is 2.30. The van der Waals surface area contributed by atoms with E-state index >= 15 is 0 Å². The lowest BCUT2D eigenvalue weighted by molar-refractivity contribution is 0.827. The van der Waals surface area contributed by atoms with Gasteiger partial charge in [-0.2, -0.15) is 0 Å². The highest BCUT2D eigenvalue weighted by molar-refractivity contribution is 6.07. The normalized spacial score (nSPS) is 9.20. The van der Waals surface area contributed by atoms with Crippen molar-refractivity contribution in [2.75, 3.05) is 0 Å². The zero-order valence-corrected chi connectivity index (χ0v) is 32.0. The number of aryl methyl sites for hydroxylation is 1. The van der Waals surface area contributed by atoms with Gasteiger partial charge >= 0.3 is 0 Å². The Labute approximate surface area is 298 Å². The zero-order chi connectivity index (χ0) is 36.4. The molecular formula is C47H60N2. The van der Waals surface area contributed by atoms with Gasteiger partial charge in [-0.25, -0.2) is 4.98 Å². The summed E-state index contributed by atoms with van der Waals surface area (Å²) in [5.74, 6) is 0. The number of hydrogen-bond acceptors (Lipinski definition) is 1. The van der Waals surface area contributed by atoms with Gasteiger partial charge in [-0.05, 0) is 42.3 Å². The third-order valence-electron chi connectivity index (χ3n) is 7.07. The molecule has 5 aromatic carbocycles. The fourth-order valence-corrected chi connectivity index (χ4v) is 5.19. The molecule has 0 aliphatic rings. The molecule has 0 radical (unpaired) electrons. The number of aromatic nitrogens is 2. The molecule has 7 rings (SSSR count). The molecule has 0 saturated heterocycles. The summed E-state index contributed by atoms with van der Waals surface area (Å²) in [5, 5.41) is 2.71. The smallest absolute Gasteiger partial charge is 0.0715 e. The molecule has 2 heterocycles. The number of hydrogen-bond donors (Lipinski definition) is 0. The van der Waals surface area contributed by atoms with Crippen LogP contribution < -0.4 is 0 Å². The van der Waals surface area contributed by atoms with Gasteiger partial charge in [0.25, 0.3) is 0 Å². The Balaban J connectivity index is 0.000000413. The number of pyridine rings is 1. The summed E-state index contributed by atoms with van der Waals surface area (Å²) in [4.78, 5) is 4.90. The molecule has 2 heteroatoms. The number of fused-ring (bicyclic) bond motifs is 3. The molecule has 49 heavy (non-hydrogen) atoms. The summed E-state index contributed by atoms with van der Waals surface area (Å²) in [5.41, 5.74) is 9.31. The molecule has 0 amide bonds. The van der Waals surface area contributed by atoms with Crippen molar-refractivity contribution in [3.05, 3.63) is 152 Å². The summed E-state index contributed by atoms with van der Waals surface area (Å²) < 4.78 is 2.37. The molecule has 0 atom stereocenters. The van der Waals surface area contributed by atoms with Crippen molar-refractivity contribution in [1.29, 1.82) is 0 Å². The number of para-hydroxylation sites is 2. The van der Waals surface area contributed by atoms with Gasteiger partial charge < -0.3 is 4.57 Å². The first-order valence-corrected chi connectivity index (χ1v) is 18.5. The molecule has 0 N–H and O–H groups in total. The topological polar surface area (TPSA) is 17.8 Å².